The van der Waals surface area contributed by atoms with Crippen LogP contribution in [-0.4, -0.2) is 43.4 Å². The van der Waals surface area contributed by atoms with Crippen molar-refractivity contribution >= 4 is 18.0 Å². The van der Waals surface area contributed by atoms with Crippen LogP contribution < -0.4 is 5.32 Å². The topological polar surface area (TPSA) is 90.9 Å². The molecule has 1 amide bonds. The van der Waals surface area contributed by atoms with E-state index in [4.69, 9.17) is 9.47 Å². The molecular weight excluding hydrogens is 278 g/mol. The lowest BCUT2D eigenvalue weighted by atomic mass is 10.2. The zero-order valence-corrected chi connectivity index (χ0v) is 12.9. The Hall–Kier alpha value is -2.05. The monoisotopic (exact) mass is 301 g/mol. The van der Waals surface area contributed by atoms with Crippen LogP contribution in [0.1, 0.15) is 33.6 Å². The summed E-state index contributed by atoms with van der Waals surface area (Å²) in [5, 5.41) is 2.30. The Morgan fingerprint density at radius 3 is 2.38 bits per heavy atom. The minimum absolute atomic E-state index is 0.157. The standard InChI is InChI=1S/C14H23NO6/c1-6-7-8-11(16)20-9-10(12(17)19-5)15-13(18)21-14(2,3)4/h6,10H,1,7-9H2,2-5H3,(H,15,18)/t10-/m0/s1. The lowest BCUT2D eigenvalue weighted by Crippen LogP contribution is -2.47. The number of alkyl carbamates (subject to hydrolysis) is 1. The number of methoxy groups -OCH3 is 1. The molecule has 7 heteroatoms. The zero-order valence-electron chi connectivity index (χ0n) is 12.9. The average Bonchev–Trinajstić information content (AvgIpc) is 2.37. The van der Waals surface area contributed by atoms with Gasteiger partial charge in [0, 0.05) is 6.42 Å². The molecule has 0 saturated heterocycles. The van der Waals surface area contributed by atoms with Crippen molar-refractivity contribution in [3.63, 3.8) is 0 Å². The molecule has 1 atom stereocenters. The molecule has 120 valence electrons. The van der Waals surface area contributed by atoms with E-state index in [0.29, 0.717) is 6.42 Å². The second kappa shape index (κ2) is 8.99. The predicted octanol–water partition coefficient (Wildman–Crippen LogP) is 1.56. The van der Waals surface area contributed by atoms with Crippen LogP contribution in [0.2, 0.25) is 0 Å². The van der Waals surface area contributed by atoms with Gasteiger partial charge in [-0.05, 0) is 27.2 Å². The van der Waals surface area contributed by atoms with Crippen molar-refractivity contribution in [2.24, 2.45) is 0 Å². The van der Waals surface area contributed by atoms with Gasteiger partial charge in [0.1, 0.15) is 12.2 Å². The van der Waals surface area contributed by atoms with Crippen molar-refractivity contribution in [3.05, 3.63) is 12.7 Å². The molecule has 0 aliphatic carbocycles. The summed E-state index contributed by atoms with van der Waals surface area (Å²) in [5.74, 6) is -1.22. The van der Waals surface area contributed by atoms with E-state index in [2.05, 4.69) is 16.6 Å². The maximum Gasteiger partial charge on any atom is 0.408 e. The summed E-state index contributed by atoms with van der Waals surface area (Å²) in [6, 6.07) is -1.11. The van der Waals surface area contributed by atoms with Crippen LogP contribution >= 0.6 is 0 Å². The summed E-state index contributed by atoms with van der Waals surface area (Å²) in [6.45, 7) is 8.24. The molecule has 0 aromatic heterocycles. The highest BCUT2D eigenvalue weighted by atomic mass is 16.6. The Morgan fingerprint density at radius 1 is 1.29 bits per heavy atom. The fourth-order valence-electron chi connectivity index (χ4n) is 1.23. The molecule has 0 aliphatic heterocycles. The van der Waals surface area contributed by atoms with Gasteiger partial charge in [-0.3, -0.25) is 4.79 Å². The molecule has 0 bridgehead atoms. The Labute approximate surface area is 124 Å². The fraction of sp³-hybridized carbons (Fsp3) is 0.643. The average molecular weight is 301 g/mol. The number of esters is 2. The van der Waals surface area contributed by atoms with Crippen molar-refractivity contribution < 1.29 is 28.6 Å². The summed E-state index contributed by atoms with van der Waals surface area (Å²) in [5.41, 5.74) is -0.703. The van der Waals surface area contributed by atoms with E-state index in [1.807, 2.05) is 0 Å². The van der Waals surface area contributed by atoms with E-state index in [1.165, 1.54) is 7.11 Å². The molecule has 21 heavy (non-hydrogen) atoms. The molecular formula is C14H23NO6. The maximum atomic E-state index is 11.6. The molecule has 0 heterocycles. The number of amides is 1. The van der Waals surface area contributed by atoms with E-state index in [9.17, 15) is 14.4 Å². The number of carbonyl (C=O) groups is 3. The normalized spacial score (nSPS) is 12.0. The van der Waals surface area contributed by atoms with Gasteiger partial charge in [0.15, 0.2) is 6.04 Å². The first kappa shape index (κ1) is 18.9. The van der Waals surface area contributed by atoms with E-state index < -0.39 is 29.7 Å². The van der Waals surface area contributed by atoms with Gasteiger partial charge >= 0.3 is 18.0 Å². The van der Waals surface area contributed by atoms with Gasteiger partial charge in [0.2, 0.25) is 0 Å². The zero-order chi connectivity index (χ0) is 16.5. The minimum Gasteiger partial charge on any atom is -0.467 e. The van der Waals surface area contributed by atoms with E-state index in [1.54, 1.807) is 26.8 Å². The Morgan fingerprint density at radius 2 is 1.90 bits per heavy atom. The van der Waals surface area contributed by atoms with Crippen molar-refractivity contribution in [1.82, 2.24) is 5.32 Å². The quantitative estimate of drug-likeness (QED) is 0.436. The van der Waals surface area contributed by atoms with Crippen LogP contribution in [0.4, 0.5) is 4.79 Å². The molecule has 0 saturated carbocycles. The van der Waals surface area contributed by atoms with Crippen LogP contribution in [0.15, 0.2) is 12.7 Å². The summed E-state index contributed by atoms with van der Waals surface area (Å²) < 4.78 is 14.5. The second-order valence-electron chi connectivity index (χ2n) is 5.23. The SMILES string of the molecule is C=CCCC(=O)OC[C@H](NC(=O)OC(C)(C)C)C(=O)OC. The Kier molecular flexibility index (Phi) is 8.11. The lowest BCUT2D eigenvalue weighted by Gasteiger charge is -2.22. The van der Waals surface area contributed by atoms with Gasteiger partial charge in [0.25, 0.3) is 0 Å². The Bertz CT molecular complexity index is 385. The third-order valence-corrected chi connectivity index (χ3v) is 2.14. The van der Waals surface area contributed by atoms with Crippen LogP contribution in [0.25, 0.3) is 0 Å². The second-order valence-corrected chi connectivity index (χ2v) is 5.23. The lowest BCUT2D eigenvalue weighted by molar-refractivity contribution is -0.150. The first-order valence-corrected chi connectivity index (χ1v) is 6.53. The van der Waals surface area contributed by atoms with Gasteiger partial charge in [-0.15, -0.1) is 6.58 Å². The van der Waals surface area contributed by atoms with E-state index >= 15 is 0 Å². The molecule has 0 radical (unpaired) electrons. The number of ether oxygens (including phenoxy) is 3. The van der Waals surface area contributed by atoms with Crippen molar-refractivity contribution in [1.29, 1.82) is 0 Å². The maximum absolute atomic E-state index is 11.6. The van der Waals surface area contributed by atoms with Crippen molar-refractivity contribution in [2.45, 2.75) is 45.3 Å². The third-order valence-electron chi connectivity index (χ3n) is 2.14. The third kappa shape index (κ3) is 9.48. The Balaban J connectivity index is 4.46. The van der Waals surface area contributed by atoms with Gasteiger partial charge in [0.05, 0.1) is 7.11 Å². The molecule has 0 aromatic rings. The molecule has 0 fully saturated rings. The minimum atomic E-state index is -1.11. The first-order chi connectivity index (χ1) is 9.69. The van der Waals surface area contributed by atoms with E-state index in [-0.39, 0.29) is 13.0 Å². The summed E-state index contributed by atoms with van der Waals surface area (Å²) >= 11 is 0. The number of rotatable bonds is 7. The molecule has 0 aliphatic rings. The molecule has 1 N–H and O–H groups in total. The summed E-state index contributed by atoms with van der Waals surface area (Å²) in [7, 11) is 1.17. The number of allylic oxidation sites excluding steroid dienone is 1. The van der Waals surface area contributed by atoms with Crippen LogP contribution in [-0.2, 0) is 23.8 Å². The first-order valence-electron chi connectivity index (χ1n) is 6.53. The van der Waals surface area contributed by atoms with Gasteiger partial charge in [-0.1, -0.05) is 6.08 Å². The smallest absolute Gasteiger partial charge is 0.408 e. The largest absolute Gasteiger partial charge is 0.467 e. The van der Waals surface area contributed by atoms with E-state index in [0.717, 1.165) is 0 Å². The van der Waals surface area contributed by atoms with Gasteiger partial charge in [-0.25, -0.2) is 9.59 Å². The molecule has 0 unspecified atom stereocenters. The number of hydrogen-bond donors (Lipinski definition) is 1. The van der Waals surface area contributed by atoms with Crippen LogP contribution in [0.3, 0.4) is 0 Å². The molecule has 7 nitrogen and oxygen atoms in total. The van der Waals surface area contributed by atoms with Crippen LogP contribution in [0, 0.1) is 0 Å². The highest BCUT2D eigenvalue weighted by Gasteiger charge is 2.26. The number of hydrogen-bond acceptors (Lipinski definition) is 6. The van der Waals surface area contributed by atoms with Crippen molar-refractivity contribution in [3.8, 4) is 0 Å². The highest BCUT2D eigenvalue weighted by molar-refractivity contribution is 5.82. The highest BCUT2D eigenvalue weighted by Crippen LogP contribution is 2.07. The number of carbonyl (C=O) groups excluding carboxylic acids is 3. The molecule has 0 rings (SSSR count). The predicted molar refractivity (Wildman–Crippen MR) is 75.6 cm³/mol. The van der Waals surface area contributed by atoms with Gasteiger partial charge in [-0.2, -0.15) is 0 Å². The van der Waals surface area contributed by atoms with Gasteiger partial charge < -0.3 is 19.5 Å². The fourth-order valence-corrected chi connectivity index (χ4v) is 1.23. The summed E-state index contributed by atoms with van der Waals surface area (Å²) in [4.78, 5) is 34.5. The van der Waals surface area contributed by atoms with Crippen LogP contribution in [0.5, 0.6) is 0 Å². The molecule has 0 spiro atoms. The molecule has 0 aromatic carbocycles. The van der Waals surface area contributed by atoms with Crippen molar-refractivity contribution in [2.75, 3.05) is 13.7 Å². The number of nitrogens with one attached hydrogen (secondary N) is 1. The summed E-state index contributed by atoms with van der Waals surface area (Å²) in [6.07, 6.45) is 1.42.